The predicted octanol–water partition coefficient (Wildman–Crippen LogP) is 4.00. The quantitative estimate of drug-likeness (QED) is 0.560. The van der Waals surface area contributed by atoms with Crippen molar-refractivity contribution < 1.29 is 18.9 Å². The summed E-state index contributed by atoms with van der Waals surface area (Å²) in [6, 6.07) is 26.5. The predicted molar refractivity (Wildman–Crippen MR) is 121 cm³/mol. The Hall–Kier alpha value is -2.86. The highest BCUT2D eigenvalue weighted by molar-refractivity contribution is 5.49. The van der Waals surface area contributed by atoms with Gasteiger partial charge in [-0.2, -0.15) is 0 Å². The van der Waals surface area contributed by atoms with Crippen molar-refractivity contribution in [2.45, 2.75) is 11.7 Å². The zero-order chi connectivity index (χ0) is 21.5. The van der Waals surface area contributed by atoms with Crippen LogP contribution >= 0.6 is 0 Å². The van der Waals surface area contributed by atoms with Gasteiger partial charge in [0.25, 0.3) is 0 Å². The van der Waals surface area contributed by atoms with Crippen LogP contribution in [0.4, 0.5) is 0 Å². The van der Waals surface area contributed by atoms with Crippen LogP contribution < -0.4 is 14.8 Å². The van der Waals surface area contributed by atoms with Gasteiger partial charge in [0.1, 0.15) is 17.1 Å². The molecule has 1 aliphatic heterocycles. The topological polar surface area (TPSA) is 49.0 Å². The molecule has 5 heteroatoms. The van der Waals surface area contributed by atoms with E-state index < -0.39 is 5.60 Å². The second-order valence-corrected chi connectivity index (χ2v) is 7.51. The molecule has 1 heterocycles. The maximum Gasteiger partial charge on any atom is 0.143 e. The minimum atomic E-state index is -0.805. The van der Waals surface area contributed by atoms with Gasteiger partial charge in [-0.1, -0.05) is 54.6 Å². The van der Waals surface area contributed by atoms with Crippen molar-refractivity contribution in [3.8, 4) is 11.5 Å². The van der Waals surface area contributed by atoms with Crippen LogP contribution in [0.3, 0.4) is 0 Å². The van der Waals surface area contributed by atoms with Crippen molar-refractivity contribution in [2.24, 2.45) is 0 Å². The fourth-order valence-corrected chi connectivity index (χ4v) is 4.02. The molecule has 1 N–H and O–H groups in total. The Kier molecular flexibility index (Phi) is 6.87. The van der Waals surface area contributed by atoms with E-state index in [9.17, 15) is 0 Å². The molecule has 0 aromatic heterocycles. The van der Waals surface area contributed by atoms with E-state index in [1.54, 1.807) is 14.2 Å². The minimum absolute atomic E-state index is 0.00617. The molecule has 31 heavy (non-hydrogen) atoms. The normalized spacial score (nSPS) is 16.6. The second kappa shape index (κ2) is 9.96. The van der Waals surface area contributed by atoms with Gasteiger partial charge in [0.2, 0.25) is 0 Å². The van der Waals surface area contributed by atoms with Crippen molar-refractivity contribution in [1.29, 1.82) is 0 Å². The van der Waals surface area contributed by atoms with E-state index in [1.165, 1.54) is 0 Å². The molecule has 162 valence electrons. The van der Waals surface area contributed by atoms with Crippen LogP contribution in [0.5, 0.6) is 11.5 Å². The third kappa shape index (κ3) is 4.59. The van der Waals surface area contributed by atoms with E-state index in [4.69, 9.17) is 18.9 Å². The molecule has 0 bridgehead atoms. The lowest BCUT2D eigenvalue weighted by Crippen LogP contribution is -2.44. The number of benzene rings is 3. The van der Waals surface area contributed by atoms with Gasteiger partial charge in [0.05, 0.1) is 33.5 Å². The maximum atomic E-state index is 6.83. The monoisotopic (exact) mass is 419 g/mol. The van der Waals surface area contributed by atoms with Gasteiger partial charge in [-0.05, 0) is 41.0 Å². The van der Waals surface area contributed by atoms with Crippen molar-refractivity contribution in [3.63, 3.8) is 0 Å². The average molecular weight is 420 g/mol. The number of morpholine rings is 1. The number of hydrogen-bond acceptors (Lipinski definition) is 5. The van der Waals surface area contributed by atoms with Crippen LogP contribution in [0, 0.1) is 0 Å². The maximum absolute atomic E-state index is 6.83. The molecule has 0 aliphatic carbocycles. The number of hydrogen-bond donors (Lipinski definition) is 1. The molecular formula is C26H29NO4. The first kappa shape index (κ1) is 21.4. The van der Waals surface area contributed by atoms with Gasteiger partial charge in [0, 0.05) is 13.1 Å². The summed E-state index contributed by atoms with van der Waals surface area (Å²) in [4.78, 5) is 0. The van der Waals surface area contributed by atoms with E-state index in [0.29, 0.717) is 13.2 Å². The molecule has 1 aliphatic rings. The van der Waals surface area contributed by atoms with Crippen molar-refractivity contribution in [2.75, 3.05) is 40.5 Å². The van der Waals surface area contributed by atoms with E-state index in [1.807, 2.05) is 42.5 Å². The smallest absolute Gasteiger partial charge is 0.143 e. The number of rotatable bonds is 8. The van der Waals surface area contributed by atoms with Gasteiger partial charge >= 0.3 is 0 Å². The van der Waals surface area contributed by atoms with Crippen LogP contribution in [0.15, 0.2) is 78.9 Å². The fraction of sp³-hybridized carbons (Fsp3) is 0.308. The van der Waals surface area contributed by atoms with Crippen LogP contribution in [0.1, 0.15) is 16.7 Å². The molecule has 0 radical (unpaired) electrons. The zero-order valence-corrected chi connectivity index (χ0v) is 18.0. The molecule has 1 fully saturated rings. The Morgan fingerprint density at radius 3 is 1.84 bits per heavy atom. The highest BCUT2D eigenvalue weighted by Gasteiger charge is 2.38. The molecule has 0 saturated carbocycles. The summed E-state index contributed by atoms with van der Waals surface area (Å²) in [5.41, 5.74) is 2.29. The van der Waals surface area contributed by atoms with Crippen molar-refractivity contribution in [3.05, 3.63) is 95.6 Å². The van der Waals surface area contributed by atoms with Crippen LogP contribution in [-0.2, 0) is 15.1 Å². The van der Waals surface area contributed by atoms with Gasteiger partial charge in [-0.25, -0.2) is 0 Å². The number of ether oxygens (including phenoxy) is 4. The average Bonchev–Trinajstić information content (AvgIpc) is 2.86. The minimum Gasteiger partial charge on any atom is -0.497 e. The summed E-state index contributed by atoms with van der Waals surface area (Å²) in [5.74, 6) is 1.61. The first-order valence-electron chi connectivity index (χ1n) is 10.6. The van der Waals surface area contributed by atoms with E-state index in [2.05, 4.69) is 41.7 Å². The summed E-state index contributed by atoms with van der Waals surface area (Å²) in [7, 11) is 3.35. The second-order valence-electron chi connectivity index (χ2n) is 7.51. The molecule has 3 aromatic carbocycles. The van der Waals surface area contributed by atoms with E-state index in [-0.39, 0.29) is 6.10 Å². The largest absolute Gasteiger partial charge is 0.497 e. The molecule has 1 saturated heterocycles. The summed E-state index contributed by atoms with van der Waals surface area (Å²) >= 11 is 0. The Morgan fingerprint density at radius 2 is 1.35 bits per heavy atom. The SMILES string of the molecule is COc1ccc(C(OC[C@@H]2CNCCO2)(c2ccccc2)c2ccc(OC)cc2)cc1. The summed E-state index contributed by atoms with van der Waals surface area (Å²) in [6.45, 7) is 2.80. The van der Waals surface area contributed by atoms with E-state index >= 15 is 0 Å². The third-order valence-corrected chi connectivity index (χ3v) is 5.66. The van der Waals surface area contributed by atoms with Gasteiger partial charge < -0.3 is 24.3 Å². The summed E-state index contributed by atoms with van der Waals surface area (Å²) in [6.07, 6.45) is -0.00617. The number of methoxy groups -OCH3 is 2. The van der Waals surface area contributed by atoms with Crippen LogP contribution in [0.2, 0.25) is 0 Å². The molecule has 0 spiro atoms. The Morgan fingerprint density at radius 1 is 0.806 bits per heavy atom. The fourth-order valence-electron chi connectivity index (χ4n) is 4.02. The summed E-state index contributed by atoms with van der Waals surface area (Å²) < 4.78 is 23.5. The van der Waals surface area contributed by atoms with Gasteiger partial charge in [-0.3, -0.25) is 0 Å². The Bertz CT molecular complexity index is 888. The molecule has 3 aromatic rings. The van der Waals surface area contributed by atoms with Gasteiger partial charge in [-0.15, -0.1) is 0 Å². The lowest BCUT2D eigenvalue weighted by atomic mass is 9.80. The standard InChI is InChI=1S/C26H29NO4/c1-28-23-12-8-21(9-13-23)26(20-6-4-3-5-7-20,22-10-14-24(29-2)15-11-22)31-19-25-18-27-16-17-30-25/h3-15,25,27H,16-19H2,1-2H3/t25-/m0/s1. The lowest BCUT2D eigenvalue weighted by Gasteiger charge is -2.37. The molecule has 5 nitrogen and oxygen atoms in total. The first-order chi connectivity index (χ1) is 15.3. The molecule has 0 unspecified atom stereocenters. The lowest BCUT2D eigenvalue weighted by molar-refractivity contribution is -0.0735. The highest BCUT2D eigenvalue weighted by atomic mass is 16.5. The molecule has 1 atom stereocenters. The van der Waals surface area contributed by atoms with Gasteiger partial charge in [0.15, 0.2) is 0 Å². The van der Waals surface area contributed by atoms with Crippen LogP contribution in [-0.4, -0.2) is 46.6 Å². The van der Waals surface area contributed by atoms with Crippen molar-refractivity contribution >= 4 is 0 Å². The van der Waals surface area contributed by atoms with Crippen molar-refractivity contribution in [1.82, 2.24) is 5.32 Å². The third-order valence-electron chi connectivity index (χ3n) is 5.66. The zero-order valence-electron chi connectivity index (χ0n) is 18.0. The molecule has 4 rings (SSSR count). The Balaban J connectivity index is 1.83. The first-order valence-corrected chi connectivity index (χ1v) is 10.6. The van der Waals surface area contributed by atoms with Crippen LogP contribution in [0.25, 0.3) is 0 Å². The Labute approximate surface area is 183 Å². The number of nitrogens with one attached hydrogen (secondary N) is 1. The van der Waals surface area contributed by atoms with E-state index in [0.717, 1.165) is 41.3 Å². The summed E-state index contributed by atoms with van der Waals surface area (Å²) in [5, 5.41) is 3.38. The molecule has 0 amide bonds. The molecular weight excluding hydrogens is 390 g/mol. The highest BCUT2D eigenvalue weighted by Crippen LogP contribution is 2.41.